The summed E-state index contributed by atoms with van der Waals surface area (Å²) < 4.78 is 40.1. The zero-order valence-electron chi connectivity index (χ0n) is 25.8. The minimum Gasteiger partial charge on any atom is -0.457 e. The number of para-hydroxylation sites is 1. The van der Waals surface area contributed by atoms with E-state index in [0.717, 1.165) is 58.3 Å². The first-order valence-corrected chi connectivity index (χ1v) is 15.8. The highest BCUT2D eigenvalue weighted by molar-refractivity contribution is 6.09. The van der Waals surface area contributed by atoms with Gasteiger partial charge < -0.3 is 4.74 Å². The van der Waals surface area contributed by atoms with Gasteiger partial charge >= 0.3 is 0 Å². The molecule has 0 radical (unpaired) electrons. The molecule has 3 aromatic carbocycles. The van der Waals surface area contributed by atoms with Crippen molar-refractivity contribution in [2.75, 3.05) is 0 Å². The number of rotatable bonds is 8. The van der Waals surface area contributed by atoms with Crippen molar-refractivity contribution in [2.45, 2.75) is 65.0 Å². The first-order chi connectivity index (χ1) is 21.9. The fraction of sp³-hybridized carbons (Fsp3) is 0.263. The molecule has 0 bridgehead atoms. The number of fused-ring (bicyclic) bond motifs is 3. The van der Waals surface area contributed by atoms with Crippen LogP contribution in [-0.4, -0.2) is 25.5 Å². The first-order valence-electron chi connectivity index (χ1n) is 15.8. The largest absolute Gasteiger partial charge is 0.457 e. The standard InChI is InChI=1S/C38H36F2N4O/c1-4-5-10-26-19-20-41-36(21-26)43-34-16-7-6-13-30(34)31-18-17-29(23-35(31)43)45-28-12-8-11-27(22-28)44-25(3)37(24(2)42-44)38-32(39)14-9-15-33(38)40/h6-8,11-14,16-23,33,38H,4-5,9-10,15H2,1-3H3/t33-,38+/m0/s1. The second-order valence-electron chi connectivity index (χ2n) is 11.9. The van der Waals surface area contributed by atoms with Gasteiger partial charge in [0.15, 0.2) is 0 Å². The van der Waals surface area contributed by atoms with E-state index >= 15 is 0 Å². The number of halogens is 2. The van der Waals surface area contributed by atoms with Crippen molar-refractivity contribution < 1.29 is 13.5 Å². The van der Waals surface area contributed by atoms with Gasteiger partial charge in [-0.15, -0.1) is 0 Å². The number of hydrogen-bond acceptors (Lipinski definition) is 3. The van der Waals surface area contributed by atoms with Gasteiger partial charge in [0.25, 0.3) is 0 Å². The Hall–Kier alpha value is -4.78. The fourth-order valence-corrected chi connectivity index (χ4v) is 6.72. The molecule has 0 saturated carbocycles. The van der Waals surface area contributed by atoms with E-state index in [1.54, 1.807) is 4.68 Å². The molecule has 7 heteroatoms. The van der Waals surface area contributed by atoms with Gasteiger partial charge in [0, 0.05) is 40.4 Å². The Kier molecular flexibility index (Phi) is 7.70. The molecule has 0 aliphatic heterocycles. The summed E-state index contributed by atoms with van der Waals surface area (Å²) in [5.41, 5.74) is 6.10. The SMILES string of the molecule is CCCCc1ccnc(-n2c3ccccc3c3ccc(Oc4cccc(-n5nc(C)c([C@@H]6C(F)=CCC[C@@H]6F)c5C)c4)cc32)c1. The summed E-state index contributed by atoms with van der Waals surface area (Å²) in [6.45, 7) is 5.89. The number of aromatic nitrogens is 4. The average molecular weight is 603 g/mol. The fourth-order valence-electron chi connectivity index (χ4n) is 6.72. The molecule has 0 fully saturated rings. The van der Waals surface area contributed by atoms with Crippen molar-refractivity contribution in [3.8, 4) is 23.0 Å². The maximum Gasteiger partial charge on any atom is 0.137 e. The van der Waals surface area contributed by atoms with E-state index in [1.807, 2.05) is 50.4 Å². The second kappa shape index (κ2) is 12.0. The number of pyridine rings is 1. The highest BCUT2D eigenvalue weighted by Crippen LogP contribution is 2.41. The lowest BCUT2D eigenvalue weighted by Gasteiger charge is -2.24. The highest BCUT2D eigenvalue weighted by atomic mass is 19.1. The molecule has 3 heterocycles. The lowest BCUT2D eigenvalue weighted by atomic mass is 9.85. The Bertz CT molecular complexity index is 2060. The molecule has 0 N–H and O–H groups in total. The molecule has 1 aliphatic carbocycles. The van der Waals surface area contributed by atoms with Crippen molar-refractivity contribution in [1.82, 2.24) is 19.3 Å². The Labute approximate surface area is 261 Å². The van der Waals surface area contributed by atoms with Crippen molar-refractivity contribution in [2.24, 2.45) is 0 Å². The number of hydrogen-bond donors (Lipinski definition) is 0. The van der Waals surface area contributed by atoms with E-state index in [-0.39, 0.29) is 0 Å². The van der Waals surface area contributed by atoms with Crippen molar-refractivity contribution >= 4 is 21.8 Å². The summed E-state index contributed by atoms with van der Waals surface area (Å²) >= 11 is 0. The summed E-state index contributed by atoms with van der Waals surface area (Å²) in [6, 6.07) is 26.4. The van der Waals surface area contributed by atoms with Gasteiger partial charge in [0.2, 0.25) is 0 Å². The van der Waals surface area contributed by atoms with Crippen LogP contribution in [0.4, 0.5) is 8.78 Å². The van der Waals surface area contributed by atoms with Crippen LogP contribution in [0.3, 0.4) is 0 Å². The van der Waals surface area contributed by atoms with E-state index in [2.05, 4.69) is 60.0 Å². The minimum absolute atomic E-state index is 0.315. The highest BCUT2D eigenvalue weighted by Gasteiger charge is 2.34. The van der Waals surface area contributed by atoms with Crippen LogP contribution in [0.2, 0.25) is 0 Å². The van der Waals surface area contributed by atoms with E-state index in [4.69, 9.17) is 14.8 Å². The number of benzene rings is 3. The molecule has 0 spiro atoms. The first kappa shape index (κ1) is 29.0. The molecule has 0 amide bonds. The molecule has 0 saturated heterocycles. The van der Waals surface area contributed by atoms with Crippen LogP contribution in [0.1, 0.15) is 61.0 Å². The van der Waals surface area contributed by atoms with Crippen LogP contribution < -0.4 is 4.74 Å². The Morgan fingerprint density at radius 3 is 2.58 bits per heavy atom. The summed E-state index contributed by atoms with van der Waals surface area (Å²) in [5, 5.41) is 6.98. The quantitative estimate of drug-likeness (QED) is 0.174. The smallest absolute Gasteiger partial charge is 0.137 e. The van der Waals surface area contributed by atoms with Crippen molar-refractivity contribution in [1.29, 1.82) is 0 Å². The van der Waals surface area contributed by atoms with Crippen LogP contribution in [0, 0.1) is 13.8 Å². The minimum atomic E-state index is -1.26. The van der Waals surface area contributed by atoms with E-state index in [1.165, 1.54) is 11.6 Å². The third-order valence-corrected chi connectivity index (χ3v) is 8.90. The van der Waals surface area contributed by atoms with Crippen LogP contribution in [-0.2, 0) is 6.42 Å². The molecular formula is C38H36F2N4O. The van der Waals surface area contributed by atoms with E-state index in [0.29, 0.717) is 35.6 Å². The van der Waals surface area contributed by atoms with Gasteiger partial charge in [-0.05, 0) is 87.6 Å². The summed E-state index contributed by atoms with van der Waals surface area (Å²) in [6.07, 6.45) is 6.16. The number of ether oxygens (including phenoxy) is 1. The van der Waals surface area contributed by atoms with Crippen LogP contribution in [0.25, 0.3) is 33.3 Å². The van der Waals surface area contributed by atoms with Gasteiger partial charge in [-0.25, -0.2) is 18.4 Å². The zero-order chi connectivity index (χ0) is 31.1. The third-order valence-electron chi connectivity index (χ3n) is 8.90. The normalized spacial score (nSPS) is 16.8. The molecule has 3 aromatic heterocycles. The molecule has 2 atom stereocenters. The van der Waals surface area contributed by atoms with Gasteiger partial charge in [-0.1, -0.05) is 43.7 Å². The Morgan fingerprint density at radius 2 is 1.73 bits per heavy atom. The predicted octanol–water partition coefficient (Wildman–Crippen LogP) is 10.2. The molecular weight excluding hydrogens is 566 g/mol. The van der Waals surface area contributed by atoms with Crippen molar-refractivity contribution in [3.05, 3.63) is 119 Å². The average Bonchev–Trinajstić information content (AvgIpc) is 3.53. The zero-order valence-corrected chi connectivity index (χ0v) is 25.8. The van der Waals surface area contributed by atoms with Gasteiger partial charge in [0.05, 0.1) is 28.3 Å². The Morgan fingerprint density at radius 1 is 0.911 bits per heavy atom. The second-order valence-corrected chi connectivity index (χ2v) is 11.9. The molecule has 45 heavy (non-hydrogen) atoms. The van der Waals surface area contributed by atoms with Gasteiger partial charge in [-0.2, -0.15) is 5.10 Å². The van der Waals surface area contributed by atoms with Gasteiger partial charge in [0.1, 0.15) is 29.3 Å². The van der Waals surface area contributed by atoms with Crippen LogP contribution in [0.5, 0.6) is 11.5 Å². The molecule has 1 aliphatic rings. The summed E-state index contributed by atoms with van der Waals surface area (Å²) in [4.78, 5) is 4.77. The maximum absolute atomic E-state index is 14.9. The van der Waals surface area contributed by atoms with Gasteiger partial charge in [-0.3, -0.25) is 4.57 Å². The number of alkyl halides is 1. The number of nitrogens with zero attached hydrogens (tertiary/aromatic N) is 4. The number of aryl methyl sites for hydroxylation is 2. The van der Waals surface area contributed by atoms with Crippen LogP contribution in [0.15, 0.2) is 97.0 Å². The van der Waals surface area contributed by atoms with E-state index < -0.39 is 17.9 Å². The third kappa shape index (κ3) is 5.30. The molecule has 228 valence electrons. The maximum atomic E-state index is 14.9. The molecule has 5 nitrogen and oxygen atoms in total. The molecule has 6 aromatic rings. The number of unbranched alkanes of at least 4 members (excludes halogenated alkanes) is 1. The Balaban J connectivity index is 1.25. The molecule has 0 unspecified atom stereocenters. The summed E-state index contributed by atoms with van der Waals surface area (Å²) in [7, 11) is 0. The molecule has 7 rings (SSSR count). The predicted molar refractivity (Wildman–Crippen MR) is 176 cm³/mol. The summed E-state index contributed by atoms with van der Waals surface area (Å²) in [5.74, 6) is 0.888. The topological polar surface area (TPSA) is 44.9 Å². The van der Waals surface area contributed by atoms with Crippen LogP contribution >= 0.6 is 0 Å². The monoisotopic (exact) mass is 602 g/mol. The lowest BCUT2D eigenvalue weighted by Crippen LogP contribution is -2.19. The number of allylic oxidation sites excluding steroid dienone is 2. The van der Waals surface area contributed by atoms with Crippen molar-refractivity contribution in [3.63, 3.8) is 0 Å². The lowest BCUT2D eigenvalue weighted by molar-refractivity contribution is 0.251. The van der Waals surface area contributed by atoms with E-state index in [9.17, 15) is 8.78 Å².